The van der Waals surface area contributed by atoms with Crippen LogP contribution in [-0.4, -0.2) is 201 Å². The summed E-state index contributed by atoms with van der Waals surface area (Å²) in [6.45, 7) is 5.27. The fourth-order valence-corrected chi connectivity index (χ4v) is 8.85. The molecule has 0 spiro atoms. The van der Waals surface area contributed by atoms with E-state index in [9.17, 15) is 63.0 Å². The van der Waals surface area contributed by atoms with E-state index in [1.165, 1.54) is 13.8 Å². The van der Waals surface area contributed by atoms with Gasteiger partial charge in [0.15, 0.2) is 0 Å². The van der Waals surface area contributed by atoms with Crippen LogP contribution in [-0.2, 0) is 63.9 Å². The first kappa shape index (κ1) is 73.2. The van der Waals surface area contributed by atoms with Crippen molar-refractivity contribution >= 4 is 65.0 Å². The molecule has 30 heteroatoms. The molecule has 11 amide bonds. The molecule has 0 radical (unpaired) electrons. The van der Waals surface area contributed by atoms with Crippen LogP contribution in [0.5, 0.6) is 0 Å². The number of hydrogen-bond acceptors (Lipinski definition) is 19. The van der Waals surface area contributed by atoms with E-state index in [1.54, 1.807) is 51.3 Å². The molecule has 0 unspecified atom stereocenters. The summed E-state index contributed by atoms with van der Waals surface area (Å²) in [6.07, 6.45) is -2.54. The van der Waals surface area contributed by atoms with Crippen molar-refractivity contribution in [1.29, 1.82) is 0 Å². The fourth-order valence-electron chi connectivity index (χ4n) is 8.85. The van der Waals surface area contributed by atoms with Gasteiger partial charge in [-0.15, -0.1) is 0 Å². The minimum Gasteiger partial charge on any atom is -0.391 e. The van der Waals surface area contributed by atoms with Gasteiger partial charge in [0.1, 0.15) is 60.4 Å². The normalized spacial score (nSPS) is 22.6. The molecule has 0 aromatic heterocycles. The Morgan fingerprint density at radius 1 is 0.583 bits per heavy atom. The first-order chi connectivity index (χ1) is 39.9. The number of ether oxygens (including phenoxy) is 1. The number of benzene rings is 1. The lowest BCUT2D eigenvalue weighted by atomic mass is 10.00. The van der Waals surface area contributed by atoms with Gasteiger partial charge in [-0.2, -0.15) is 0 Å². The topological polar surface area (TPSA) is 500 Å². The van der Waals surface area contributed by atoms with Gasteiger partial charge in [-0.05, 0) is 116 Å². The zero-order valence-corrected chi connectivity index (χ0v) is 49.0. The number of aliphatic hydroxyl groups is 2. The van der Waals surface area contributed by atoms with Crippen LogP contribution in [0.25, 0.3) is 0 Å². The van der Waals surface area contributed by atoms with Gasteiger partial charge in [0.05, 0.1) is 12.2 Å². The van der Waals surface area contributed by atoms with E-state index in [1.807, 2.05) is 0 Å². The molecule has 84 heavy (non-hydrogen) atoms. The zero-order chi connectivity index (χ0) is 62.9. The summed E-state index contributed by atoms with van der Waals surface area (Å²) in [6, 6.07) is -6.30. The zero-order valence-electron chi connectivity index (χ0n) is 49.0. The maximum Gasteiger partial charge on any atom is 0.245 e. The molecule has 474 valence electrons. The number of hydrogen-bond donors (Lipinski definition) is 18. The van der Waals surface area contributed by atoms with Crippen molar-refractivity contribution < 1.29 is 67.7 Å². The van der Waals surface area contributed by atoms with Crippen molar-refractivity contribution in [3.8, 4) is 0 Å². The Morgan fingerprint density at radius 2 is 1.08 bits per heavy atom. The molecular weight excluding hydrogens is 1100 g/mol. The maximum absolute atomic E-state index is 14.5. The summed E-state index contributed by atoms with van der Waals surface area (Å²) < 4.78 is 5.03. The highest BCUT2D eigenvalue weighted by Crippen LogP contribution is 2.12. The SMILES string of the molecule is COCCCCCC(=O)N[C@@H](CCN)C(=O)N[C@H](C(=O)N[C@@H](CCN)C(=O)N[C@H]1CCNC(=O)[C@H]([C@@H](C)O)NC(=O)[C@H](CCN)NC(=O)[C@H](CCN)NC(=O)[C@H](CC(C)C)NC(=O)[C@@H](Cc2ccccc2)NC(=O)[C@H](CCN)NC1=O)[C@@H](C)O. The van der Waals surface area contributed by atoms with Crippen LogP contribution in [0.2, 0.25) is 0 Å². The second kappa shape index (κ2) is 39.6. The molecule has 1 aliphatic heterocycles. The van der Waals surface area contributed by atoms with Gasteiger partial charge in [-0.3, -0.25) is 52.7 Å². The standard InChI is InChI=1S/C54H94N16O14/c1-30(2)28-40-51(80)64-35(16-22-56)45(74)63-38(19-25-59)50(79)69-43(31(3)71)53(82)60-26-20-39(48(77)62-36(17-23-57)47(76)68-41(52(81)67-40)29-33-12-8-6-9-13-33)65-46(75)37(18-24-58)66-54(83)44(32(4)72)70-49(78)34(15-21-55)61-42(73)14-10-7-11-27-84-5/h6,8-9,12-13,30-32,34-41,43-44,71-72H,7,10-11,14-29,55-59H2,1-5H3,(H,60,82)(H,61,73)(H,62,77)(H,63,74)(H,64,80)(H,65,75)(H,66,83)(H,67,81)(H,68,76)(H,69,79)(H,70,78)/t31-,32-,34+,35+,36+,37+,38+,39+,40+,41-,43+,44+/m1/s1. The van der Waals surface area contributed by atoms with Crippen LogP contribution in [0, 0.1) is 5.92 Å². The average molecular weight is 1190 g/mol. The summed E-state index contributed by atoms with van der Waals surface area (Å²) in [5.41, 5.74) is 29.9. The van der Waals surface area contributed by atoms with Crippen LogP contribution in [0.1, 0.15) is 104 Å². The monoisotopic (exact) mass is 1190 g/mol. The van der Waals surface area contributed by atoms with Crippen LogP contribution >= 0.6 is 0 Å². The smallest absolute Gasteiger partial charge is 0.245 e. The molecule has 1 heterocycles. The molecule has 1 aromatic carbocycles. The third kappa shape index (κ3) is 26.3. The van der Waals surface area contributed by atoms with Gasteiger partial charge < -0.3 is 102 Å². The molecule has 1 aliphatic rings. The van der Waals surface area contributed by atoms with Gasteiger partial charge in [0.25, 0.3) is 0 Å². The van der Waals surface area contributed by atoms with Gasteiger partial charge in [-0.25, -0.2) is 0 Å². The number of carbonyl (C=O) groups is 11. The van der Waals surface area contributed by atoms with Gasteiger partial charge >= 0.3 is 0 Å². The molecule has 23 N–H and O–H groups in total. The number of unbranched alkanes of at least 4 members (excludes halogenated alkanes) is 2. The summed E-state index contributed by atoms with van der Waals surface area (Å²) in [7, 11) is 1.56. The Bertz CT molecular complexity index is 2280. The lowest BCUT2D eigenvalue weighted by molar-refractivity contribution is -0.137. The highest BCUT2D eigenvalue weighted by molar-refractivity contribution is 5.99. The van der Waals surface area contributed by atoms with E-state index < -0.39 is 151 Å². The third-order valence-electron chi connectivity index (χ3n) is 13.5. The van der Waals surface area contributed by atoms with Crippen molar-refractivity contribution in [2.75, 3.05) is 53.0 Å². The molecule has 2 rings (SSSR count). The third-order valence-corrected chi connectivity index (χ3v) is 13.5. The largest absolute Gasteiger partial charge is 0.391 e. The van der Waals surface area contributed by atoms with Gasteiger partial charge in [0, 0.05) is 33.1 Å². The Hall–Kier alpha value is -6.93. The van der Waals surface area contributed by atoms with E-state index in [2.05, 4.69) is 58.5 Å². The molecular formula is C54H94N16O14. The van der Waals surface area contributed by atoms with Crippen molar-refractivity contribution in [1.82, 2.24) is 58.5 Å². The summed E-state index contributed by atoms with van der Waals surface area (Å²) in [5, 5.41) is 49.5. The minimum absolute atomic E-state index is 0.0343. The first-order valence-corrected chi connectivity index (χ1v) is 28.6. The maximum atomic E-state index is 14.5. The quantitative estimate of drug-likeness (QED) is 0.0332. The van der Waals surface area contributed by atoms with Crippen molar-refractivity contribution in [2.45, 2.75) is 177 Å². The van der Waals surface area contributed by atoms with Crippen LogP contribution < -0.4 is 87.2 Å². The summed E-state index contributed by atoms with van der Waals surface area (Å²) in [5.74, 6) is -10.0. The number of methoxy groups -OCH3 is 1. The summed E-state index contributed by atoms with van der Waals surface area (Å²) in [4.78, 5) is 153. The number of nitrogens with one attached hydrogen (secondary N) is 11. The summed E-state index contributed by atoms with van der Waals surface area (Å²) >= 11 is 0. The number of amides is 11. The van der Waals surface area contributed by atoms with Crippen molar-refractivity contribution in [2.24, 2.45) is 34.6 Å². The van der Waals surface area contributed by atoms with E-state index in [0.717, 1.165) is 6.42 Å². The first-order valence-electron chi connectivity index (χ1n) is 28.6. The highest BCUT2D eigenvalue weighted by Gasteiger charge is 2.37. The molecule has 1 aromatic rings. The van der Waals surface area contributed by atoms with Gasteiger partial charge in [0.2, 0.25) is 65.0 Å². The van der Waals surface area contributed by atoms with E-state index in [-0.39, 0.29) is 90.0 Å². The molecule has 1 saturated heterocycles. The lowest BCUT2D eigenvalue weighted by Crippen LogP contribution is -2.62. The second-order valence-electron chi connectivity index (χ2n) is 21.1. The molecule has 30 nitrogen and oxygen atoms in total. The molecule has 12 atom stereocenters. The lowest BCUT2D eigenvalue weighted by Gasteiger charge is -2.29. The fraction of sp³-hybridized carbons (Fsp3) is 0.685. The van der Waals surface area contributed by atoms with Crippen molar-refractivity contribution in [3.05, 3.63) is 35.9 Å². The minimum atomic E-state index is -1.71. The second-order valence-corrected chi connectivity index (χ2v) is 21.1. The number of carbonyl (C=O) groups excluding carboxylic acids is 11. The number of aliphatic hydroxyl groups excluding tert-OH is 2. The molecule has 0 aliphatic carbocycles. The van der Waals surface area contributed by atoms with E-state index in [4.69, 9.17) is 33.4 Å². The Labute approximate surface area is 490 Å². The Morgan fingerprint density at radius 3 is 1.60 bits per heavy atom. The Kier molecular flexibility index (Phi) is 34.5. The van der Waals surface area contributed by atoms with E-state index >= 15 is 0 Å². The molecule has 0 bridgehead atoms. The number of nitrogens with two attached hydrogens (primary N) is 5. The van der Waals surface area contributed by atoms with Crippen LogP contribution in [0.4, 0.5) is 0 Å². The predicted octanol–water partition coefficient (Wildman–Crippen LogP) is -6.64. The predicted molar refractivity (Wildman–Crippen MR) is 309 cm³/mol. The van der Waals surface area contributed by atoms with Crippen LogP contribution in [0.3, 0.4) is 0 Å². The van der Waals surface area contributed by atoms with E-state index in [0.29, 0.717) is 25.0 Å². The molecule has 1 fully saturated rings. The Balaban J connectivity index is 2.68. The number of rotatable bonds is 29. The van der Waals surface area contributed by atoms with Crippen molar-refractivity contribution in [3.63, 3.8) is 0 Å². The average Bonchev–Trinajstić information content (AvgIpc) is 3.44. The van der Waals surface area contributed by atoms with Gasteiger partial charge in [-0.1, -0.05) is 50.6 Å². The molecule has 0 saturated carbocycles. The highest BCUT2D eigenvalue weighted by atomic mass is 16.5. The van der Waals surface area contributed by atoms with Crippen LogP contribution in [0.15, 0.2) is 30.3 Å².